The predicted octanol–water partition coefficient (Wildman–Crippen LogP) is 2.20. The second-order valence-electron chi connectivity index (χ2n) is 2.34. The number of thiol groups is 2. The summed E-state index contributed by atoms with van der Waals surface area (Å²) in [6, 6.07) is 5.93. The highest BCUT2D eigenvalue weighted by atomic mass is 32.2. The molecule has 0 aliphatic carbocycles. The van der Waals surface area contributed by atoms with Gasteiger partial charge in [-0.05, 0) is 25.0 Å². The van der Waals surface area contributed by atoms with E-state index in [0.29, 0.717) is 0 Å². The van der Waals surface area contributed by atoms with Gasteiger partial charge in [0.15, 0.2) is 0 Å². The van der Waals surface area contributed by atoms with Crippen molar-refractivity contribution in [2.45, 2.75) is 17.4 Å². The molecule has 0 aromatic carbocycles. The molecule has 0 aliphatic rings. The van der Waals surface area contributed by atoms with Gasteiger partial charge in [-0.25, -0.2) is 0 Å². The first-order chi connectivity index (χ1) is 5.29. The molecule has 1 heterocycles. The van der Waals surface area contributed by atoms with Crippen LogP contribution in [0.25, 0.3) is 0 Å². The molecule has 0 saturated carbocycles. The molecule has 0 N–H and O–H groups in total. The summed E-state index contributed by atoms with van der Waals surface area (Å²) in [7, 11) is 0. The molecule has 0 saturated heterocycles. The lowest BCUT2D eigenvalue weighted by atomic mass is 10.2. The van der Waals surface area contributed by atoms with Gasteiger partial charge in [0, 0.05) is 16.5 Å². The summed E-state index contributed by atoms with van der Waals surface area (Å²) in [5.41, 5.74) is 1.11. The minimum absolute atomic E-state index is 0.164. The van der Waals surface area contributed by atoms with Gasteiger partial charge < -0.3 is 0 Å². The lowest BCUT2D eigenvalue weighted by molar-refractivity contribution is 0.874. The van der Waals surface area contributed by atoms with Crippen LogP contribution in [0, 0.1) is 0 Å². The molecule has 0 atom stereocenters. The second-order valence-corrected chi connectivity index (χ2v) is 3.99. The Bertz CT molecular complexity index is 199. The van der Waals surface area contributed by atoms with Crippen molar-refractivity contribution in [3.8, 4) is 0 Å². The Kier molecular flexibility index (Phi) is 3.80. The van der Waals surface area contributed by atoms with Crippen molar-refractivity contribution < 1.29 is 0 Å². The average Bonchev–Trinajstić information content (AvgIpc) is 2.03. The number of pyridine rings is 1. The molecule has 0 fully saturated rings. The second kappa shape index (κ2) is 4.67. The van der Waals surface area contributed by atoms with Crippen molar-refractivity contribution in [1.82, 2.24) is 4.98 Å². The molecular weight excluding hydrogens is 174 g/mol. The number of nitrogens with zero attached hydrogens (tertiary/aromatic N) is 1. The average molecular weight is 185 g/mol. The van der Waals surface area contributed by atoms with E-state index in [4.69, 9.17) is 0 Å². The van der Waals surface area contributed by atoms with Crippen LogP contribution in [0.15, 0.2) is 24.4 Å². The summed E-state index contributed by atoms with van der Waals surface area (Å²) in [4.78, 5) is 4.18. The smallest absolute Gasteiger partial charge is 0.0446 e. The minimum atomic E-state index is 0.164. The van der Waals surface area contributed by atoms with Gasteiger partial charge in [0.05, 0.1) is 0 Å². The van der Waals surface area contributed by atoms with E-state index in [1.807, 2.05) is 18.2 Å². The molecule has 0 spiro atoms. The van der Waals surface area contributed by atoms with Crippen molar-refractivity contribution in [2.24, 2.45) is 0 Å². The fraction of sp³-hybridized carbons (Fsp3) is 0.375. The zero-order valence-electron chi connectivity index (χ0n) is 6.14. The molecule has 1 rings (SSSR count). The fourth-order valence-corrected chi connectivity index (χ4v) is 1.08. The van der Waals surface area contributed by atoms with Crippen LogP contribution in [0.4, 0.5) is 0 Å². The molecule has 1 aromatic rings. The highest BCUT2D eigenvalue weighted by molar-refractivity contribution is 7.99. The number of aryl methyl sites for hydroxylation is 1. The van der Waals surface area contributed by atoms with Gasteiger partial charge in [-0.3, -0.25) is 4.98 Å². The normalized spacial score (nSPS) is 10.5. The van der Waals surface area contributed by atoms with Gasteiger partial charge in [-0.15, -0.1) is 0 Å². The van der Waals surface area contributed by atoms with E-state index in [1.165, 1.54) is 0 Å². The molecular formula is C8H11NS2. The summed E-state index contributed by atoms with van der Waals surface area (Å²) in [5.74, 6) is 0. The van der Waals surface area contributed by atoms with Crippen LogP contribution in [-0.2, 0) is 6.42 Å². The summed E-state index contributed by atoms with van der Waals surface area (Å²) in [6.45, 7) is 0. The summed E-state index contributed by atoms with van der Waals surface area (Å²) in [5, 5.41) is 0. The molecule has 1 nitrogen and oxygen atoms in total. The van der Waals surface area contributed by atoms with E-state index < -0.39 is 0 Å². The number of aromatic nitrogens is 1. The maximum Gasteiger partial charge on any atom is 0.0446 e. The SMILES string of the molecule is SC(S)CCc1ccccn1. The van der Waals surface area contributed by atoms with Crippen molar-refractivity contribution in [3.05, 3.63) is 30.1 Å². The molecule has 60 valence electrons. The van der Waals surface area contributed by atoms with Crippen molar-refractivity contribution in [2.75, 3.05) is 0 Å². The van der Waals surface area contributed by atoms with E-state index in [0.717, 1.165) is 18.5 Å². The first-order valence-electron chi connectivity index (χ1n) is 3.55. The monoisotopic (exact) mass is 185 g/mol. The molecule has 11 heavy (non-hydrogen) atoms. The van der Waals surface area contributed by atoms with Gasteiger partial charge in [0.1, 0.15) is 0 Å². The standard InChI is InChI=1S/C8H11NS2/c10-8(11)5-4-7-3-1-2-6-9-7/h1-3,6,8,10-11H,4-5H2. The molecule has 0 amide bonds. The zero-order valence-corrected chi connectivity index (χ0v) is 7.93. The number of hydrogen-bond acceptors (Lipinski definition) is 3. The lowest BCUT2D eigenvalue weighted by Crippen LogP contribution is -1.93. The van der Waals surface area contributed by atoms with Crippen LogP contribution in [-0.4, -0.2) is 9.57 Å². The van der Waals surface area contributed by atoms with Gasteiger partial charge in [0.2, 0.25) is 0 Å². The Balaban J connectivity index is 2.39. The Morgan fingerprint density at radius 2 is 2.18 bits per heavy atom. The van der Waals surface area contributed by atoms with E-state index in [9.17, 15) is 0 Å². The maximum atomic E-state index is 4.18. The predicted molar refractivity (Wildman–Crippen MR) is 54.3 cm³/mol. The minimum Gasteiger partial charge on any atom is -0.261 e. The lowest BCUT2D eigenvalue weighted by Gasteiger charge is -2.01. The number of hydrogen-bond donors (Lipinski definition) is 2. The Morgan fingerprint density at radius 3 is 2.73 bits per heavy atom. The Morgan fingerprint density at radius 1 is 1.36 bits per heavy atom. The molecule has 3 heteroatoms. The van der Waals surface area contributed by atoms with Crippen molar-refractivity contribution in [1.29, 1.82) is 0 Å². The maximum absolute atomic E-state index is 4.18. The fourth-order valence-electron chi connectivity index (χ4n) is 0.823. The highest BCUT2D eigenvalue weighted by Crippen LogP contribution is 2.09. The molecule has 0 bridgehead atoms. The van der Waals surface area contributed by atoms with Crippen molar-refractivity contribution in [3.63, 3.8) is 0 Å². The van der Waals surface area contributed by atoms with Crippen LogP contribution in [0.5, 0.6) is 0 Å². The summed E-state index contributed by atoms with van der Waals surface area (Å²) >= 11 is 8.33. The van der Waals surface area contributed by atoms with Crippen LogP contribution in [0.3, 0.4) is 0 Å². The molecule has 0 unspecified atom stereocenters. The van der Waals surface area contributed by atoms with Crippen LogP contribution in [0.2, 0.25) is 0 Å². The quantitative estimate of drug-likeness (QED) is 0.544. The van der Waals surface area contributed by atoms with Gasteiger partial charge in [-0.1, -0.05) is 6.07 Å². The van der Waals surface area contributed by atoms with Gasteiger partial charge in [-0.2, -0.15) is 25.3 Å². The van der Waals surface area contributed by atoms with E-state index in [1.54, 1.807) is 6.20 Å². The number of rotatable bonds is 3. The van der Waals surface area contributed by atoms with Crippen LogP contribution in [0.1, 0.15) is 12.1 Å². The summed E-state index contributed by atoms with van der Waals surface area (Å²) < 4.78 is 0.164. The molecule has 0 radical (unpaired) electrons. The van der Waals surface area contributed by atoms with E-state index in [2.05, 4.69) is 30.2 Å². The third kappa shape index (κ3) is 3.68. The third-order valence-corrected chi connectivity index (χ3v) is 1.90. The first kappa shape index (κ1) is 8.94. The Labute approximate surface area is 78.1 Å². The largest absolute Gasteiger partial charge is 0.261 e. The molecule has 1 aromatic heterocycles. The Hall–Kier alpha value is -0.150. The highest BCUT2D eigenvalue weighted by Gasteiger charge is 1.96. The first-order valence-corrected chi connectivity index (χ1v) is 4.58. The van der Waals surface area contributed by atoms with Gasteiger partial charge >= 0.3 is 0 Å². The summed E-state index contributed by atoms with van der Waals surface area (Å²) in [6.07, 6.45) is 3.73. The van der Waals surface area contributed by atoms with Crippen LogP contribution < -0.4 is 0 Å². The van der Waals surface area contributed by atoms with Crippen molar-refractivity contribution >= 4 is 25.3 Å². The van der Waals surface area contributed by atoms with E-state index in [-0.39, 0.29) is 4.58 Å². The van der Waals surface area contributed by atoms with Crippen LogP contribution >= 0.6 is 25.3 Å². The van der Waals surface area contributed by atoms with E-state index >= 15 is 0 Å². The third-order valence-electron chi connectivity index (χ3n) is 1.38. The zero-order chi connectivity index (χ0) is 8.10. The molecule has 0 aliphatic heterocycles. The van der Waals surface area contributed by atoms with Gasteiger partial charge in [0.25, 0.3) is 0 Å². The topological polar surface area (TPSA) is 12.9 Å².